The molecule has 4 rings (SSSR count). The first kappa shape index (κ1) is 20.3. The van der Waals surface area contributed by atoms with Crippen LogP contribution in [0.4, 0.5) is 5.00 Å². The van der Waals surface area contributed by atoms with Crippen LogP contribution >= 0.6 is 11.3 Å². The number of hydrogen-bond donors (Lipinski definition) is 1. The molecule has 1 aliphatic heterocycles. The van der Waals surface area contributed by atoms with Gasteiger partial charge in [-0.05, 0) is 50.3 Å². The van der Waals surface area contributed by atoms with E-state index < -0.39 is 5.97 Å². The fourth-order valence-corrected chi connectivity index (χ4v) is 5.21. The summed E-state index contributed by atoms with van der Waals surface area (Å²) in [6.45, 7) is 1.99. The van der Waals surface area contributed by atoms with Crippen molar-refractivity contribution in [3.63, 3.8) is 0 Å². The van der Waals surface area contributed by atoms with E-state index in [1.807, 2.05) is 0 Å². The Morgan fingerprint density at radius 2 is 1.77 bits per heavy atom. The first-order valence-corrected chi connectivity index (χ1v) is 10.9. The molecule has 0 bridgehead atoms. The zero-order valence-electron chi connectivity index (χ0n) is 16.7. The number of fused-ring (bicyclic) bond motifs is 2. The molecule has 0 unspecified atom stereocenters. The number of carbonyl (C=O) groups excluding carboxylic acids is 4. The van der Waals surface area contributed by atoms with Gasteiger partial charge < -0.3 is 10.1 Å². The molecule has 0 saturated heterocycles. The quantitative estimate of drug-likeness (QED) is 0.564. The van der Waals surface area contributed by atoms with Crippen molar-refractivity contribution in [3.8, 4) is 0 Å². The summed E-state index contributed by atoms with van der Waals surface area (Å²) in [4.78, 5) is 52.2. The van der Waals surface area contributed by atoms with E-state index in [4.69, 9.17) is 4.74 Å². The van der Waals surface area contributed by atoms with Crippen molar-refractivity contribution in [2.24, 2.45) is 0 Å². The minimum absolute atomic E-state index is 0.0159. The molecule has 1 aromatic carbocycles. The van der Waals surface area contributed by atoms with Gasteiger partial charge in [-0.2, -0.15) is 0 Å². The average molecular weight is 426 g/mol. The molecule has 1 aromatic heterocycles. The van der Waals surface area contributed by atoms with Gasteiger partial charge in [0, 0.05) is 17.8 Å². The number of nitrogens with zero attached hydrogens (tertiary/aromatic N) is 1. The Kier molecular flexibility index (Phi) is 5.67. The second kappa shape index (κ2) is 8.39. The molecule has 2 aromatic rings. The van der Waals surface area contributed by atoms with E-state index in [1.54, 1.807) is 31.2 Å². The highest BCUT2D eigenvalue weighted by molar-refractivity contribution is 7.17. The van der Waals surface area contributed by atoms with Crippen LogP contribution in [0.5, 0.6) is 0 Å². The molecule has 0 saturated carbocycles. The van der Waals surface area contributed by atoms with Crippen LogP contribution in [0.3, 0.4) is 0 Å². The Morgan fingerprint density at radius 3 is 2.43 bits per heavy atom. The van der Waals surface area contributed by atoms with Crippen LogP contribution in [0.2, 0.25) is 0 Å². The van der Waals surface area contributed by atoms with Crippen LogP contribution in [0, 0.1) is 0 Å². The highest BCUT2D eigenvalue weighted by Crippen LogP contribution is 2.38. The lowest BCUT2D eigenvalue weighted by atomic mass is 9.95. The number of rotatable bonds is 6. The Labute approximate surface area is 178 Å². The fourth-order valence-electron chi connectivity index (χ4n) is 3.92. The molecule has 0 fully saturated rings. The number of carbonyl (C=O) groups is 4. The Balaban J connectivity index is 1.46. The van der Waals surface area contributed by atoms with Crippen LogP contribution < -0.4 is 5.32 Å². The Bertz CT molecular complexity index is 1010. The molecule has 1 N–H and O–H groups in total. The van der Waals surface area contributed by atoms with Crippen LogP contribution in [0.25, 0.3) is 0 Å². The number of thiophene rings is 1. The summed E-state index contributed by atoms with van der Waals surface area (Å²) in [5.41, 5.74) is 2.14. The molecule has 0 radical (unpaired) electrons. The van der Waals surface area contributed by atoms with E-state index in [0.29, 0.717) is 21.7 Å². The van der Waals surface area contributed by atoms with Gasteiger partial charge in [0.15, 0.2) is 0 Å². The van der Waals surface area contributed by atoms with Crippen molar-refractivity contribution in [2.45, 2.75) is 39.0 Å². The highest BCUT2D eigenvalue weighted by atomic mass is 32.1. The maximum atomic E-state index is 12.6. The summed E-state index contributed by atoms with van der Waals surface area (Å²) in [6.07, 6.45) is 3.70. The predicted octanol–water partition coefficient (Wildman–Crippen LogP) is 3.43. The van der Waals surface area contributed by atoms with Crippen LogP contribution in [0.1, 0.15) is 67.7 Å². The third-order valence-electron chi connectivity index (χ3n) is 5.34. The number of benzene rings is 1. The van der Waals surface area contributed by atoms with Crippen molar-refractivity contribution >= 4 is 40.0 Å². The number of hydrogen-bond acceptors (Lipinski definition) is 6. The fraction of sp³-hybridized carbons (Fsp3) is 0.364. The van der Waals surface area contributed by atoms with E-state index in [0.717, 1.165) is 41.0 Å². The summed E-state index contributed by atoms with van der Waals surface area (Å²) >= 11 is 1.41. The number of imide groups is 1. The van der Waals surface area contributed by atoms with Crippen molar-refractivity contribution in [3.05, 3.63) is 51.4 Å². The van der Waals surface area contributed by atoms with E-state index >= 15 is 0 Å². The van der Waals surface area contributed by atoms with E-state index in [9.17, 15) is 19.2 Å². The maximum absolute atomic E-state index is 12.6. The minimum atomic E-state index is -0.424. The Hall–Kier alpha value is -3.00. The minimum Gasteiger partial charge on any atom is -0.462 e. The molecule has 0 spiro atoms. The van der Waals surface area contributed by atoms with Gasteiger partial charge in [0.25, 0.3) is 11.8 Å². The summed E-state index contributed by atoms with van der Waals surface area (Å²) in [6, 6.07) is 6.63. The summed E-state index contributed by atoms with van der Waals surface area (Å²) < 4.78 is 5.20. The van der Waals surface area contributed by atoms with Gasteiger partial charge in [0.05, 0.1) is 23.3 Å². The number of anilines is 1. The lowest BCUT2D eigenvalue weighted by Gasteiger charge is -2.14. The molecule has 0 atom stereocenters. The highest BCUT2D eigenvalue weighted by Gasteiger charge is 2.35. The van der Waals surface area contributed by atoms with Gasteiger partial charge in [-0.1, -0.05) is 12.1 Å². The second-order valence-electron chi connectivity index (χ2n) is 7.24. The standard InChI is InChI=1S/C22H22N2O5S/c1-2-29-22(28)18-15-9-5-6-10-16(15)30-19(18)23-17(25)11-12-24-20(26)13-7-3-4-8-14(13)21(24)27/h3-4,7-8H,2,5-6,9-12H2,1H3,(H,23,25). The molecule has 2 aliphatic rings. The van der Waals surface area contributed by atoms with Crippen molar-refractivity contribution in [2.75, 3.05) is 18.5 Å². The zero-order chi connectivity index (χ0) is 21.3. The van der Waals surface area contributed by atoms with E-state index in [2.05, 4.69) is 5.32 Å². The molecular weight excluding hydrogens is 404 g/mol. The van der Waals surface area contributed by atoms with Gasteiger partial charge in [0.1, 0.15) is 5.00 Å². The summed E-state index contributed by atoms with van der Waals surface area (Å²) in [5.74, 6) is -1.55. The van der Waals surface area contributed by atoms with Gasteiger partial charge in [-0.15, -0.1) is 11.3 Å². The number of nitrogens with one attached hydrogen (secondary N) is 1. The predicted molar refractivity (Wildman–Crippen MR) is 112 cm³/mol. The second-order valence-corrected chi connectivity index (χ2v) is 8.35. The van der Waals surface area contributed by atoms with Crippen molar-refractivity contribution in [1.29, 1.82) is 0 Å². The lowest BCUT2D eigenvalue weighted by Crippen LogP contribution is -2.33. The number of ether oxygens (including phenoxy) is 1. The van der Waals surface area contributed by atoms with Crippen LogP contribution in [0.15, 0.2) is 24.3 Å². The molecule has 3 amide bonds. The lowest BCUT2D eigenvalue weighted by molar-refractivity contribution is -0.116. The molecule has 8 heteroatoms. The van der Waals surface area contributed by atoms with Gasteiger partial charge in [0.2, 0.25) is 5.91 Å². The summed E-state index contributed by atoms with van der Waals surface area (Å²) in [5, 5.41) is 3.30. The normalized spacial score (nSPS) is 15.0. The third-order valence-corrected chi connectivity index (χ3v) is 6.55. The molecule has 30 heavy (non-hydrogen) atoms. The molecule has 7 nitrogen and oxygen atoms in total. The van der Waals surface area contributed by atoms with Gasteiger partial charge in [-0.25, -0.2) is 4.79 Å². The largest absolute Gasteiger partial charge is 0.462 e. The van der Waals surface area contributed by atoms with Crippen LogP contribution in [-0.4, -0.2) is 41.7 Å². The zero-order valence-corrected chi connectivity index (χ0v) is 17.5. The molecular formula is C22H22N2O5S. The van der Waals surface area contributed by atoms with E-state index in [-0.39, 0.29) is 37.3 Å². The van der Waals surface area contributed by atoms with Crippen molar-refractivity contribution < 1.29 is 23.9 Å². The van der Waals surface area contributed by atoms with Crippen molar-refractivity contribution in [1.82, 2.24) is 4.90 Å². The molecule has 1 aliphatic carbocycles. The van der Waals surface area contributed by atoms with E-state index in [1.165, 1.54) is 11.3 Å². The SMILES string of the molecule is CCOC(=O)c1c(NC(=O)CCN2C(=O)c3ccccc3C2=O)sc2c1CCCC2. The smallest absolute Gasteiger partial charge is 0.341 e. The average Bonchev–Trinajstić information content (AvgIpc) is 3.22. The maximum Gasteiger partial charge on any atom is 0.341 e. The first-order valence-electron chi connectivity index (χ1n) is 10.1. The first-order chi connectivity index (χ1) is 14.5. The number of aryl methyl sites for hydroxylation is 1. The monoisotopic (exact) mass is 426 g/mol. The Morgan fingerprint density at radius 1 is 1.10 bits per heavy atom. The molecule has 2 heterocycles. The number of esters is 1. The molecule has 156 valence electrons. The van der Waals surface area contributed by atoms with Gasteiger partial charge >= 0.3 is 5.97 Å². The third kappa shape index (κ3) is 3.63. The number of amides is 3. The van der Waals surface area contributed by atoms with Crippen LogP contribution in [-0.2, 0) is 22.4 Å². The summed E-state index contributed by atoms with van der Waals surface area (Å²) in [7, 11) is 0. The van der Waals surface area contributed by atoms with Gasteiger partial charge in [-0.3, -0.25) is 19.3 Å². The topological polar surface area (TPSA) is 92.8 Å².